The van der Waals surface area contributed by atoms with Crippen LogP contribution >= 0.6 is 0 Å². The van der Waals surface area contributed by atoms with Gasteiger partial charge in [-0.1, -0.05) is 6.07 Å². The summed E-state index contributed by atoms with van der Waals surface area (Å²) >= 11 is 0. The number of piperidine rings is 1. The van der Waals surface area contributed by atoms with E-state index in [-0.39, 0.29) is 30.6 Å². The highest BCUT2D eigenvalue weighted by molar-refractivity contribution is 7.89. The molecule has 1 fully saturated rings. The molecule has 31 heavy (non-hydrogen) atoms. The highest BCUT2D eigenvalue weighted by atomic mass is 32.2. The number of fused-ring (bicyclic) bond motifs is 1. The van der Waals surface area contributed by atoms with E-state index in [0.29, 0.717) is 23.4 Å². The molecule has 0 radical (unpaired) electrons. The number of rotatable bonds is 5. The number of carbonyl (C=O) groups is 1. The lowest BCUT2D eigenvalue weighted by Gasteiger charge is -2.31. The van der Waals surface area contributed by atoms with E-state index in [1.807, 2.05) is 12.1 Å². The van der Waals surface area contributed by atoms with Crippen molar-refractivity contribution in [2.24, 2.45) is 5.92 Å². The van der Waals surface area contributed by atoms with Crippen LogP contribution in [0.5, 0.6) is 0 Å². The van der Waals surface area contributed by atoms with Gasteiger partial charge in [0.15, 0.2) is 0 Å². The molecule has 2 aromatic rings. The maximum atomic E-state index is 13.1. The number of sulfonamides is 1. The zero-order chi connectivity index (χ0) is 22.0. The molecule has 1 amide bonds. The smallest absolute Gasteiger partial charge is 0.269 e. The van der Waals surface area contributed by atoms with Crippen molar-refractivity contribution in [3.05, 3.63) is 63.7 Å². The molecule has 9 heteroatoms. The molecule has 1 N–H and O–H groups in total. The minimum absolute atomic E-state index is 0.0429. The van der Waals surface area contributed by atoms with Gasteiger partial charge in [-0.3, -0.25) is 14.9 Å². The minimum Gasteiger partial charge on any atom is -0.326 e. The fourth-order valence-corrected chi connectivity index (χ4v) is 5.81. The Hall–Kier alpha value is -2.78. The SMILES string of the molecule is O=C(Nc1ccc([N+](=O)[O-])cc1)C1CCN(S(=O)(=O)c2ccc3c(c2)CCCC3)CC1. The van der Waals surface area contributed by atoms with Crippen LogP contribution in [0.25, 0.3) is 0 Å². The Morgan fingerprint density at radius 3 is 2.29 bits per heavy atom. The maximum Gasteiger partial charge on any atom is 0.269 e. The van der Waals surface area contributed by atoms with Crippen LogP contribution in [0.3, 0.4) is 0 Å². The van der Waals surface area contributed by atoms with E-state index in [4.69, 9.17) is 0 Å². The number of anilines is 1. The highest BCUT2D eigenvalue weighted by Gasteiger charge is 2.32. The average Bonchev–Trinajstić information content (AvgIpc) is 2.79. The molecule has 1 aliphatic heterocycles. The number of aryl methyl sites for hydroxylation is 2. The minimum atomic E-state index is -3.58. The molecule has 0 unspecified atom stereocenters. The van der Waals surface area contributed by atoms with Gasteiger partial charge >= 0.3 is 0 Å². The lowest BCUT2D eigenvalue weighted by atomic mass is 9.92. The van der Waals surface area contributed by atoms with Crippen LogP contribution in [0.1, 0.15) is 36.8 Å². The van der Waals surface area contributed by atoms with E-state index in [1.54, 1.807) is 6.07 Å². The summed E-state index contributed by atoms with van der Waals surface area (Å²) in [5.41, 5.74) is 2.81. The van der Waals surface area contributed by atoms with Gasteiger partial charge in [0.2, 0.25) is 15.9 Å². The number of non-ortho nitro benzene ring substituents is 1. The number of benzene rings is 2. The van der Waals surface area contributed by atoms with Crippen molar-refractivity contribution >= 4 is 27.3 Å². The van der Waals surface area contributed by atoms with Crippen LogP contribution in [0.15, 0.2) is 47.4 Å². The molecule has 2 aromatic carbocycles. The van der Waals surface area contributed by atoms with Crippen LogP contribution < -0.4 is 5.32 Å². The topological polar surface area (TPSA) is 110 Å². The first-order valence-electron chi connectivity index (χ1n) is 10.5. The number of nitro benzene ring substituents is 1. The van der Waals surface area contributed by atoms with Crippen molar-refractivity contribution in [2.75, 3.05) is 18.4 Å². The van der Waals surface area contributed by atoms with Crippen molar-refractivity contribution in [2.45, 2.75) is 43.4 Å². The molecular formula is C22H25N3O5S. The van der Waals surface area contributed by atoms with Crippen LogP contribution in [-0.4, -0.2) is 36.6 Å². The molecule has 0 saturated carbocycles. The van der Waals surface area contributed by atoms with Crippen LogP contribution in [-0.2, 0) is 27.7 Å². The second-order valence-corrected chi connectivity index (χ2v) is 10.0. The molecule has 0 atom stereocenters. The Labute approximate surface area is 181 Å². The first-order chi connectivity index (χ1) is 14.8. The van der Waals surface area contributed by atoms with E-state index in [1.165, 1.54) is 34.1 Å². The summed E-state index contributed by atoms with van der Waals surface area (Å²) in [6, 6.07) is 11.1. The molecule has 4 rings (SSSR count). The van der Waals surface area contributed by atoms with Crippen molar-refractivity contribution < 1.29 is 18.1 Å². The summed E-state index contributed by atoms with van der Waals surface area (Å²) in [6.07, 6.45) is 5.03. The summed E-state index contributed by atoms with van der Waals surface area (Å²) in [5.74, 6) is -0.496. The Morgan fingerprint density at radius 2 is 1.65 bits per heavy atom. The van der Waals surface area contributed by atoms with Gasteiger partial charge in [-0.2, -0.15) is 4.31 Å². The standard InChI is InChI=1S/C22H25N3O5S/c26-22(23-19-6-8-20(9-7-19)25(27)28)17-11-13-24(14-12-17)31(29,30)21-10-5-16-3-1-2-4-18(16)15-21/h5-10,15,17H,1-4,11-14H2,(H,23,26). The van der Waals surface area contributed by atoms with Gasteiger partial charge in [-0.05, 0) is 73.9 Å². The maximum absolute atomic E-state index is 13.1. The Kier molecular flexibility index (Phi) is 6.06. The van der Waals surface area contributed by atoms with Crippen molar-refractivity contribution in [1.82, 2.24) is 4.31 Å². The summed E-state index contributed by atoms with van der Waals surface area (Å²) in [5, 5.41) is 13.5. The van der Waals surface area contributed by atoms with Crippen molar-refractivity contribution in [3.63, 3.8) is 0 Å². The number of nitrogens with one attached hydrogen (secondary N) is 1. The summed E-state index contributed by atoms with van der Waals surface area (Å²) < 4.78 is 27.7. The zero-order valence-electron chi connectivity index (χ0n) is 17.1. The Balaban J connectivity index is 1.37. The molecule has 1 heterocycles. The lowest BCUT2D eigenvalue weighted by Crippen LogP contribution is -2.41. The molecule has 164 valence electrons. The largest absolute Gasteiger partial charge is 0.326 e. The normalized spacial score (nSPS) is 17.7. The fourth-order valence-electron chi connectivity index (χ4n) is 4.29. The van der Waals surface area contributed by atoms with Crippen LogP contribution in [0, 0.1) is 16.0 Å². The molecule has 0 bridgehead atoms. The summed E-state index contributed by atoms with van der Waals surface area (Å²) in [7, 11) is -3.58. The van der Waals surface area contributed by atoms with Gasteiger partial charge in [0, 0.05) is 36.8 Å². The van der Waals surface area contributed by atoms with Gasteiger partial charge in [-0.15, -0.1) is 0 Å². The molecule has 2 aliphatic rings. The third-order valence-corrected chi connectivity index (χ3v) is 8.02. The van der Waals surface area contributed by atoms with E-state index >= 15 is 0 Å². The molecule has 1 saturated heterocycles. The lowest BCUT2D eigenvalue weighted by molar-refractivity contribution is -0.384. The second-order valence-electron chi connectivity index (χ2n) is 8.11. The number of nitro groups is 1. The fraction of sp³-hybridized carbons (Fsp3) is 0.409. The Bertz CT molecular complexity index is 1090. The Morgan fingerprint density at radius 1 is 1.00 bits per heavy atom. The molecular weight excluding hydrogens is 418 g/mol. The molecule has 0 spiro atoms. The third kappa shape index (κ3) is 4.62. The average molecular weight is 444 g/mol. The number of amides is 1. The number of hydrogen-bond donors (Lipinski definition) is 1. The van der Waals surface area contributed by atoms with E-state index in [0.717, 1.165) is 31.2 Å². The first kappa shape index (κ1) is 21.5. The molecule has 8 nitrogen and oxygen atoms in total. The predicted octanol–water partition coefficient (Wildman–Crippen LogP) is 3.51. The van der Waals surface area contributed by atoms with E-state index in [9.17, 15) is 23.3 Å². The highest BCUT2D eigenvalue weighted by Crippen LogP contribution is 2.28. The second kappa shape index (κ2) is 8.76. The van der Waals surface area contributed by atoms with Gasteiger partial charge in [-0.25, -0.2) is 8.42 Å². The van der Waals surface area contributed by atoms with Crippen LogP contribution in [0.4, 0.5) is 11.4 Å². The first-order valence-corrected chi connectivity index (χ1v) is 12.0. The molecule has 1 aliphatic carbocycles. The quantitative estimate of drug-likeness (QED) is 0.562. The number of carbonyl (C=O) groups excluding carboxylic acids is 1. The van der Waals surface area contributed by atoms with Crippen molar-refractivity contribution in [1.29, 1.82) is 0 Å². The zero-order valence-corrected chi connectivity index (χ0v) is 17.9. The van der Waals surface area contributed by atoms with Gasteiger partial charge < -0.3 is 5.32 Å². The van der Waals surface area contributed by atoms with Gasteiger partial charge in [0.05, 0.1) is 9.82 Å². The summed E-state index contributed by atoms with van der Waals surface area (Å²) in [4.78, 5) is 23.1. The van der Waals surface area contributed by atoms with Gasteiger partial charge in [0.1, 0.15) is 0 Å². The number of nitrogens with zero attached hydrogens (tertiary/aromatic N) is 2. The predicted molar refractivity (Wildman–Crippen MR) is 116 cm³/mol. The van der Waals surface area contributed by atoms with E-state index in [2.05, 4.69) is 5.32 Å². The summed E-state index contributed by atoms with van der Waals surface area (Å²) in [6.45, 7) is 0.579. The third-order valence-electron chi connectivity index (χ3n) is 6.13. The van der Waals surface area contributed by atoms with Gasteiger partial charge in [0.25, 0.3) is 5.69 Å². The van der Waals surface area contributed by atoms with Crippen LogP contribution in [0.2, 0.25) is 0 Å². The van der Waals surface area contributed by atoms with E-state index < -0.39 is 14.9 Å². The van der Waals surface area contributed by atoms with Crippen molar-refractivity contribution in [3.8, 4) is 0 Å². The molecule has 0 aromatic heterocycles. The monoisotopic (exact) mass is 443 g/mol. The number of hydrogen-bond acceptors (Lipinski definition) is 5.